The molecule has 220 valence electrons. The summed E-state index contributed by atoms with van der Waals surface area (Å²) >= 11 is 0. The predicted molar refractivity (Wildman–Crippen MR) is 173 cm³/mol. The van der Waals surface area contributed by atoms with Gasteiger partial charge >= 0.3 is 0 Å². The third-order valence-corrected chi connectivity index (χ3v) is 13.4. The minimum absolute atomic E-state index is 0.0826. The van der Waals surface area contributed by atoms with E-state index < -0.39 is 13.9 Å². The molecule has 1 saturated carbocycles. The first kappa shape index (κ1) is 29.9. The molecule has 0 aliphatic heterocycles. The van der Waals surface area contributed by atoms with Crippen LogP contribution in [-0.2, 0) is 4.43 Å². The Labute approximate surface area is 250 Å². The molecule has 2 aromatic carbocycles. The van der Waals surface area contributed by atoms with Crippen molar-refractivity contribution in [1.82, 2.24) is 14.9 Å². The van der Waals surface area contributed by atoms with E-state index in [1.807, 2.05) is 20.8 Å². The highest BCUT2D eigenvalue weighted by Crippen LogP contribution is 2.40. The molecule has 0 bridgehead atoms. The Hall–Kier alpha value is -3.55. The first-order chi connectivity index (χ1) is 19.9. The summed E-state index contributed by atoms with van der Waals surface area (Å²) in [5, 5.41) is 5.93. The lowest BCUT2D eigenvalue weighted by molar-refractivity contribution is 0.0916. The van der Waals surface area contributed by atoms with Gasteiger partial charge < -0.3 is 14.3 Å². The van der Waals surface area contributed by atoms with Gasteiger partial charge in [-0.3, -0.25) is 9.59 Å². The van der Waals surface area contributed by atoms with Crippen LogP contribution < -0.4 is 21.1 Å². The molecule has 0 saturated heterocycles. The first-order valence-corrected chi connectivity index (χ1v) is 16.9. The maximum atomic E-state index is 13.3. The van der Waals surface area contributed by atoms with Gasteiger partial charge in [0.2, 0.25) is 5.43 Å². The highest BCUT2D eigenvalue weighted by Gasteiger charge is 2.51. The van der Waals surface area contributed by atoms with Crippen molar-refractivity contribution in [3.63, 3.8) is 0 Å². The third-order valence-electron chi connectivity index (χ3n) is 8.32. The number of carbonyl (C=O) groups is 1. The first-order valence-electron chi connectivity index (χ1n) is 15.0. The van der Waals surface area contributed by atoms with Gasteiger partial charge in [-0.25, -0.2) is 4.98 Å². The molecule has 1 aliphatic carbocycles. The van der Waals surface area contributed by atoms with Crippen molar-refractivity contribution in [2.24, 2.45) is 0 Å². The molecule has 2 heterocycles. The van der Waals surface area contributed by atoms with Crippen molar-refractivity contribution in [2.45, 2.75) is 89.9 Å². The standard InChI is InChI=1S/C35H43N3O3Si/c1-34(2,3)37-33(40)30-24-38(32-29(31(30)39)18-13-23-36-32)25-19-21-26(22-20-25)41-42(35(4,5)6,27-14-9-7-10-15-27)28-16-11-8-12-17-28/h7-18,23-26H,19-22H2,1-6H3,(H,37,40). The van der Waals surface area contributed by atoms with Gasteiger partial charge in [0.15, 0.2) is 0 Å². The van der Waals surface area contributed by atoms with E-state index in [0.717, 1.165) is 25.7 Å². The molecule has 42 heavy (non-hydrogen) atoms. The van der Waals surface area contributed by atoms with Gasteiger partial charge in [0, 0.05) is 30.1 Å². The number of benzene rings is 2. The Morgan fingerprint density at radius 1 is 0.857 bits per heavy atom. The maximum Gasteiger partial charge on any atom is 0.261 e. The summed E-state index contributed by atoms with van der Waals surface area (Å²) in [6, 6.07) is 25.2. The van der Waals surface area contributed by atoms with Crippen LogP contribution in [0.2, 0.25) is 5.04 Å². The molecule has 1 aliphatic rings. The van der Waals surface area contributed by atoms with Gasteiger partial charge in [0.1, 0.15) is 11.2 Å². The summed E-state index contributed by atoms with van der Waals surface area (Å²) in [4.78, 5) is 31.1. The number of pyridine rings is 2. The number of nitrogens with zero attached hydrogens (tertiary/aromatic N) is 2. The van der Waals surface area contributed by atoms with Crippen LogP contribution in [0.3, 0.4) is 0 Å². The lowest BCUT2D eigenvalue weighted by atomic mass is 9.92. The smallest absolute Gasteiger partial charge is 0.261 e. The Bertz CT molecular complexity index is 1560. The van der Waals surface area contributed by atoms with Gasteiger partial charge in [-0.05, 0) is 74.0 Å². The highest BCUT2D eigenvalue weighted by atomic mass is 28.4. The SMILES string of the molecule is CC(C)(C)NC(=O)c1cn(C2CCC(O[Si](c3ccccc3)(c3ccccc3)C(C)(C)C)CC2)c2ncccc2c1=O. The molecule has 0 unspecified atom stereocenters. The van der Waals surface area contributed by atoms with Crippen LogP contribution in [0.5, 0.6) is 0 Å². The molecular formula is C35H43N3O3Si. The molecule has 2 aromatic heterocycles. The Balaban J connectivity index is 1.47. The second-order valence-electron chi connectivity index (χ2n) is 13.6. The summed E-state index contributed by atoms with van der Waals surface area (Å²) in [7, 11) is -2.65. The van der Waals surface area contributed by atoms with Crippen LogP contribution in [0.25, 0.3) is 11.0 Å². The Morgan fingerprint density at radius 3 is 1.95 bits per heavy atom. The van der Waals surface area contributed by atoms with Gasteiger partial charge in [0.25, 0.3) is 14.2 Å². The fraction of sp³-hybridized carbons (Fsp3) is 0.400. The lowest BCUT2D eigenvalue weighted by Gasteiger charge is -2.46. The molecule has 6 nitrogen and oxygen atoms in total. The molecule has 5 rings (SSSR count). The van der Waals surface area contributed by atoms with E-state index in [0.29, 0.717) is 11.0 Å². The van der Waals surface area contributed by atoms with Gasteiger partial charge in [-0.2, -0.15) is 0 Å². The van der Waals surface area contributed by atoms with E-state index in [1.54, 1.807) is 24.5 Å². The van der Waals surface area contributed by atoms with Crippen molar-refractivity contribution < 1.29 is 9.22 Å². The largest absolute Gasteiger partial charge is 0.404 e. The zero-order valence-electron chi connectivity index (χ0n) is 25.7. The number of hydrogen-bond donors (Lipinski definition) is 1. The van der Waals surface area contributed by atoms with Crippen LogP contribution in [0.15, 0.2) is 90.0 Å². The van der Waals surface area contributed by atoms with E-state index in [-0.39, 0.29) is 34.1 Å². The normalized spacial score (nSPS) is 18.1. The van der Waals surface area contributed by atoms with Crippen molar-refractivity contribution in [2.75, 3.05) is 0 Å². The lowest BCUT2D eigenvalue weighted by Crippen LogP contribution is -2.67. The predicted octanol–water partition coefficient (Wildman–Crippen LogP) is 5.99. The monoisotopic (exact) mass is 581 g/mol. The molecular weight excluding hydrogens is 538 g/mol. The fourth-order valence-electron chi connectivity index (χ4n) is 6.41. The number of fused-ring (bicyclic) bond motifs is 1. The molecule has 0 spiro atoms. The summed E-state index contributed by atoms with van der Waals surface area (Å²) in [6.45, 7) is 12.7. The number of rotatable bonds is 6. The van der Waals surface area contributed by atoms with Crippen LogP contribution in [-0.4, -0.2) is 35.4 Å². The van der Waals surface area contributed by atoms with Gasteiger partial charge in [0.05, 0.1) is 5.39 Å². The molecule has 1 fully saturated rings. The summed E-state index contributed by atoms with van der Waals surface area (Å²) in [5.74, 6) is -0.351. The van der Waals surface area contributed by atoms with Crippen molar-refractivity contribution in [3.05, 3.63) is 101 Å². The maximum absolute atomic E-state index is 13.3. The minimum atomic E-state index is -2.65. The third kappa shape index (κ3) is 5.85. The second kappa shape index (κ2) is 11.6. The molecule has 7 heteroatoms. The number of carbonyl (C=O) groups excluding carboxylic acids is 1. The second-order valence-corrected chi connectivity index (χ2v) is 17.8. The van der Waals surface area contributed by atoms with Crippen molar-refractivity contribution in [1.29, 1.82) is 0 Å². The van der Waals surface area contributed by atoms with E-state index >= 15 is 0 Å². The Morgan fingerprint density at radius 2 is 1.43 bits per heavy atom. The molecule has 1 amide bonds. The van der Waals surface area contributed by atoms with E-state index in [4.69, 9.17) is 4.43 Å². The van der Waals surface area contributed by atoms with Crippen molar-refractivity contribution in [3.8, 4) is 0 Å². The highest BCUT2D eigenvalue weighted by molar-refractivity contribution is 6.99. The number of nitrogens with one attached hydrogen (secondary N) is 1. The minimum Gasteiger partial charge on any atom is -0.404 e. The van der Waals surface area contributed by atoms with Crippen molar-refractivity contribution >= 4 is 35.6 Å². The van der Waals surface area contributed by atoms with Crippen LogP contribution in [0.4, 0.5) is 0 Å². The van der Waals surface area contributed by atoms with Gasteiger partial charge in [-0.15, -0.1) is 0 Å². The Kier molecular flexibility index (Phi) is 8.27. The van der Waals surface area contributed by atoms with E-state index in [1.165, 1.54) is 10.4 Å². The number of aromatic nitrogens is 2. The number of amides is 1. The topological polar surface area (TPSA) is 73.2 Å². The summed E-state index contributed by atoms with van der Waals surface area (Å²) < 4.78 is 9.49. The molecule has 0 atom stereocenters. The molecule has 4 aromatic rings. The zero-order valence-corrected chi connectivity index (χ0v) is 26.7. The zero-order chi connectivity index (χ0) is 30.1. The van der Waals surface area contributed by atoms with E-state index in [9.17, 15) is 9.59 Å². The molecule has 0 radical (unpaired) electrons. The molecule has 1 N–H and O–H groups in total. The van der Waals surface area contributed by atoms with Crippen LogP contribution in [0, 0.1) is 0 Å². The van der Waals surface area contributed by atoms with Crippen LogP contribution in [0.1, 0.15) is 83.6 Å². The van der Waals surface area contributed by atoms with Gasteiger partial charge in [-0.1, -0.05) is 81.4 Å². The summed E-state index contributed by atoms with van der Waals surface area (Å²) in [6.07, 6.45) is 7.07. The quantitative estimate of drug-likeness (QED) is 0.284. The fourth-order valence-corrected chi connectivity index (χ4v) is 11.2. The summed E-state index contributed by atoms with van der Waals surface area (Å²) in [5.41, 5.74) is 0.0660. The average molecular weight is 582 g/mol. The van der Waals surface area contributed by atoms with Crippen LogP contribution >= 0.6 is 0 Å². The average Bonchev–Trinajstić information content (AvgIpc) is 2.96. The number of hydrogen-bond acceptors (Lipinski definition) is 4. The van der Waals surface area contributed by atoms with E-state index in [2.05, 4.69) is 96.3 Å².